The topological polar surface area (TPSA) is 35.6 Å². The van der Waals surface area contributed by atoms with Crippen molar-refractivity contribution in [3.05, 3.63) is 47.8 Å². The highest BCUT2D eigenvalue weighted by Crippen LogP contribution is 2.48. The SMILES string of the molecule is CCC(CN(C)C)NC(=O)CN1Sc2cc(F)ccc2-c2cc(C(F)(F)F)ccc21. The second-order valence-corrected chi connectivity index (χ2v) is 8.50. The number of carbonyl (C=O) groups excluding carboxylic acids is 1. The van der Waals surface area contributed by atoms with Crippen LogP contribution in [0.25, 0.3) is 11.1 Å². The molecule has 0 saturated carbocycles. The fraction of sp³-hybridized carbons (Fsp3) is 0.381. The van der Waals surface area contributed by atoms with Crippen molar-refractivity contribution >= 4 is 23.5 Å². The molecule has 0 spiro atoms. The molecule has 1 unspecified atom stereocenters. The first kappa shape index (κ1) is 22.4. The van der Waals surface area contributed by atoms with Crippen molar-refractivity contribution in [1.29, 1.82) is 0 Å². The van der Waals surface area contributed by atoms with Crippen LogP contribution in [-0.2, 0) is 11.0 Å². The molecule has 1 heterocycles. The number of fused-ring (bicyclic) bond motifs is 3. The van der Waals surface area contributed by atoms with Crippen molar-refractivity contribution < 1.29 is 22.4 Å². The molecular formula is C21H23F4N3OS. The van der Waals surface area contributed by atoms with Crippen molar-refractivity contribution in [1.82, 2.24) is 10.2 Å². The highest BCUT2D eigenvalue weighted by atomic mass is 32.2. The van der Waals surface area contributed by atoms with Crippen LogP contribution >= 0.6 is 11.9 Å². The van der Waals surface area contributed by atoms with Crippen LogP contribution < -0.4 is 9.62 Å². The number of carbonyl (C=O) groups is 1. The largest absolute Gasteiger partial charge is 0.416 e. The van der Waals surface area contributed by atoms with E-state index in [0.29, 0.717) is 28.3 Å². The Bertz CT molecular complexity index is 933. The van der Waals surface area contributed by atoms with E-state index >= 15 is 0 Å². The zero-order valence-corrected chi connectivity index (χ0v) is 17.7. The van der Waals surface area contributed by atoms with E-state index in [9.17, 15) is 22.4 Å². The molecule has 0 fully saturated rings. The number of hydrogen-bond donors (Lipinski definition) is 1. The number of likely N-dealkylation sites (N-methyl/N-ethyl adjacent to an activating group) is 1. The Labute approximate surface area is 177 Å². The molecule has 4 nitrogen and oxygen atoms in total. The van der Waals surface area contributed by atoms with E-state index in [-0.39, 0.29) is 18.5 Å². The summed E-state index contributed by atoms with van der Waals surface area (Å²) in [5.41, 5.74) is 0.540. The van der Waals surface area contributed by atoms with Crippen LogP contribution in [0.5, 0.6) is 0 Å². The van der Waals surface area contributed by atoms with E-state index in [0.717, 1.165) is 30.5 Å². The number of rotatable bonds is 6. The molecule has 2 aromatic carbocycles. The summed E-state index contributed by atoms with van der Waals surface area (Å²) < 4.78 is 55.1. The Morgan fingerprint density at radius 3 is 2.53 bits per heavy atom. The van der Waals surface area contributed by atoms with Crippen molar-refractivity contribution in [3.8, 4) is 11.1 Å². The highest BCUT2D eigenvalue weighted by molar-refractivity contribution is 8.01. The van der Waals surface area contributed by atoms with E-state index in [1.165, 1.54) is 24.3 Å². The molecule has 0 aromatic heterocycles. The molecule has 1 N–H and O–H groups in total. The number of nitrogens with one attached hydrogen (secondary N) is 1. The van der Waals surface area contributed by atoms with Gasteiger partial charge in [0.2, 0.25) is 5.91 Å². The minimum Gasteiger partial charge on any atom is -0.351 e. The molecule has 30 heavy (non-hydrogen) atoms. The number of benzene rings is 2. The number of amides is 1. The molecule has 3 rings (SSSR count). The monoisotopic (exact) mass is 441 g/mol. The summed E-state index contributed by atoms with van der Waals surface area (Å²) in [7, 11) is 3.82. The number of hydrogen-bond acceptors (Lipinski definition) is 4. The lowest BCUT2D eigenvalue weighted by atomic mass is 10.00. The van der Waals surface area contributed by atoms with Gasteiger partial charge in [0, 0.05) is 23.0 Å². The van der Waals surface area contributed by atoms with Crippen molar-refractivity contribution in [3.63, 3.8) is 0 Å². The molecule has 1 aliphatic heterocycles. The lowest BCUT2D eigenvalue weighted by molar-refractivity contribution is -0.137. The maximum atomic E-state index is 13.8. The van der Waals surface area contributed by atoms with Gasteiger partial charge in [0.05, 0.1) is 11.3 Å². The fourth-order valence-corrected chi connectivity index (χ4v) is 4.46. The van der Waals surface area contributed by atoms with Gasteiger partial charge in [0.25, 0.3) is 0 Å². The Morgan fingerprint density at radius 1 is 1.17 bits per heavy atom. The minimum absolute atomic E-state index is 0.0425. The average molecular weight is 441 g/mol. The van der Waals surface area contributed by atoms with Crippen LogP contribution in [-0.4, -0.2) is 44.0 Å². The summed E-state index contributed by atoms with van der Waals surface area (Å²) in [5.74, 6) is -0.736. The summed E-state index contributed by atoms with van der Waals surface area (Å²) in [5, 5.41) is 2.96. The number of anilines is 1. The lowest BCUT2D eigenvalue weighted by Crippen LogP contribution is -2.45. The molecule has 0 aliphatic carbocycles. The van der Waals surface area contributed by atoms with Crippen LogP contribution in [0.4, 0.5) is 23.2 Å². The van der Waals surface area contributed by atoms with Gasteiger partial charge in [-0.1, -0.05) is 13.0 Å². The quantitative estimate of drug-likeness (QED) is 0.516. The van der Waals surface area contributed by atoms with Gasteiger partial charge in [-0.25, -0.2) is 4.39 Å². The predicted octanol–water partition coefficient (Wildman–Crippen LogP) is 4.80. The number of alkyl halides is 3. The summed E-state index contributed by atoms with van der Waals surface area (Å²) in [6.07, 6.45) is -3.75. The second kappa shape index (κ2) is 8.85. The van der Waals surface area contributed by atoms with Crippen molar-refractivity contribution in [2.45, 2.75) is 30.5 Å². The van der Waals surface area contributed by atoms with Crippen LogP contribution in [0.2, 0.25) is 0 Å². The Kier molecular flexibility index (Phi) is 6.62. The normalized spacial score (nSPS) is 14.3. The highest BCUT2D eigenvalue weighted by Gasteiger charge is 2.33. The third-order valence-electron chi connectivity index (χ3n) is 4.77. The van der Waals surface area contributed by atoms with E-state index in [1.54, 1.807) is 4.31 Å². The van der Waals surface area contributed by atoms with Gasteiger partial charge in [-0.3, -0.25) is 4.79 Å². The summed E-state index contributed by atoms with van der Waals surface area (Å²) in [6, 6.07) is 7.34. The molecule has 162 valence electrons. The molecule has 1 aliphatic rings. The first-order chi connectivity index (χ1) is 14.1. The standard InChI is InChI=1S/C21H23F4N3OS/c1-4-15(11-27(2)3)26-20(29)12-28-18-8-5-13(21(23,24)25)9-17(18)16-7-6-14(22)10-19(16)30-28/h5-10,15H,4,11-12H2,1-3H3,(H,26,29). The smallest absolute Gasteiger partial charge is 0.351 e. The second-order valence-electron chi connectivity index (χ2n) is 7.43. The van der Waals surface area contributed by atoms with Gasteiger partial charge in [0.1, 0.15) is 12.4 Å². The van der Waals surface area contributed by atoms with E-state index in [4.69, 9.17) is 0 Å². The van der Waals surface area contributed by atoms with Crippen LogP contribution in [0.1, 0.15) is 18.9 Å². The molecule has 1 amide bonds. The van der Waals surface area contributed by atoms with Crippen LogP contribution in [0, 0.1) is 5.82 Å². The molecule has 2 aromatic rings. The Hall–Kier alpha value is -2.26. The fourth-order valence-electron chi connectivity index (χ4n) is 3.35. The first-order valence-corrected chi connectivity index (χ1v) is 10.3. The molecule has 0 saturated heterocycles. The summed E-state index contributed by atoms with van der Waals surface area (Å²) in [4.78, 5) is 15.1. The number of nitrogens with zero attached hydrogens (tertiary/aromatic N) is 2. The van der Waals surface area contributed by atoms with Gasteiger partial charge in [-0.15, -0.1) is 0 Å². The Morgan fingerprint density at radius 2 is 1.90 bits per heavy atom. The van der Waals surface area contributed by atoms with Crippen molar-refractivity contribution in [2.24, 2.45) is 0 Å². The zero-order valence-electron chi connectivity index (χ0n) is 16.9. The molecule has 0 radical (unpaired) electrons. The molecule has 9 heteroatoms. The summed E-state index contributed by atoms with van der Waals surface area (Å²) in [6.45, 7) is 2.58. The number of halogens is 4. The van der Waals surface area contributed by atoms with Gasteiger partial charge < -0.3 is 14.5 Å². The van der Waals surface area contributed by atoms with E-state index < -0.39 is 17.6 Å². The van der Waals surface area contributed by atoms with Crippen molar-refractivity contribution in [2.75, 3.05) is 31.5 Å². The van der Waals surface area contributed by atoms with Gasteiger partial charge in [-0.05, 0) is 68.4 Å². The van der Waals surface area contributed by atoms with Crippen LogP contribution in [0.15, 0.2) is 41.3 Å². The predicted molar refractivity (Wildman–Crippen MR) is 111 cm³/mol. The van der Waals surface area contributed by atoms with Gasteiger partial charge >= 0.3 is 6.18 Å². The van der Waals surface area contributed by atoms with E-state index in [1.807, 2.05) is 25.9 Å². The Balaban J connectivity index is 1.91. The summed E-state index contributed by atoms with van der Waals surface area (Å²) >= 11 is 1.14. The molecule has 0 bridgehead atoms. The first-order valence-electron chi connectivity index (χ1n) is 9.49. The lowest BCUT2D eigenvalue weighted by Gasteiger charge is -2.32. The maximum absolute atomic E-state index is 13.8. The van der Waals surface area contributed by atoms with Crippen LogP contribution in [0.3, 0.4) is 0 Å². The van der Waals surface area contributed by atoms with Gasteiger partial charge in [-0.2, -0.15) is 13.2 Å². The average Bonchev–Trinajstić information content (AvgIpc) is 2.65. The third-order valence-corrected chi connectivity index (χ3v) is 5.85. The van der Waals surface area contributed by atoms with Gasteiger partial charge in [0.15, 0.2) is 0 Å². The zero-order chi connectivity index (χ0) is 22.1. The molecule has 1 atom stereocenters. The third kappa shape index (κ3) is 5.07. The minimum atomic E-state index is -4.50. The molecular weight excluding hydrogens is 418 g/mol. The maximum Gasteiger partial charge on any atom is 0.416 e. The van der Waals surface area contributed by atoms with E-state index in [2.05, 4.69) is 5.32 Å².